The number of rotatable bonds is 5. The Kier molecular flexibility index (Phi) is 7.09. The molecule has 0 aliphatic carbocycles. The first-order chi connectivity index (χ1) is 16.7. The number of piperidine rings is 1. The molecular weight excluding hydrogens is 510 g/mol. The predicted octanol–water partition coefficient (Wildman–Crippen LogP) is 6.60. The molecule has 0 radical (unpaired) electrons. The largest absolute Gasteiger partial charge is 0.416 e. The van der Waals surface area contributed by atoms with Crippen molar-refractivity contribution in [2.45, 2.75) is 62.1 Å². The summed E-state index contributed by atoms with van der Waals surface area (Å²) >= 11 is 6.80. The van der Waals surface area contributed by atoms with E-state index in [1.807, 2.05) is 30.3 Å². The van der Waals surface area contributed by atoms with Crippen LogP contribution in [0.25, 0.3) is 0 Å². The molecule has 0 unspecified atom stereocenters. The number of amides is 1. The number of benzene rings is 2. The summed E-state index contributed by atoms with van der Waals surface area (Å²) < 4.78 is 87.4. The number of carbonyl (C=O) groups is 1. The summed E-state index contributed by atoms with van der Waals surface area (Å²) in [6.45, 7) is 1.65. The average Bonchev–Trinajstić information content (AvgIpc) is 3.17. The van der Waals surface area contributed by atoms with Gasteiger partial charge in [0.15, 0.2) is 0 Å². The number of ether oxygens (including phenoxy) is 1. The van der Waals surface area contributed by atoms with Crippen molar-refractivity contribution in [3.63, 3.8) is 0 Å². The second-order valence-electron chi connectivity index (χ2n) is 9.54. The maximum atomic E-state index is 13.3. The van der Waals surface area contributed by atoms with E-state index in [1.165, 1.54) is 6.92 Å². The van der Waals surface area contributed by atoms with Gasteiger partial charge < -0.3 is 10.1 Å². The Bertz CT molecular complexity index is 1080. The van der Waals surface area contributed by atoms with Crippen LogP contribution in [0.2, 0.25) is 0 Å². The Labute approximate surface area is 209 Å². The van der Waals surface area contributed by atoms with Crippen LogP contribution in [0.1, 0.15) is 61.0 Å². The molecule has 36 heavy (non-hydrogen) atoms. The van der Waals surface area contributed by atoms with Crippen LogP contribution in [-0.4, -0.2) is 29.0 Å². The molecule has 1 amide bonds. The molecule has 11 heteroatoms. The van der Waals surface area contributed by atoms with Crippen molar-refractivity contribution in [3.05, 3.63) is 70.8 Å². The molecule has 4 nitrogen and oxygen atoms in total. The Morgan fingerprint density at radius 2 is 1.61 bits per heavy atom. The van der Waals surface area contributed by atoms with Gasteiger partial charge in [0, 0.05) is 13.0 Å². The van der Waals surface area contributed by atoms with E-state index in [9.17, 15) is 31.1 Å². The van der Waals surface area contributed by atoms with Crippen molar-refractivity contribution >= 4 is 17.7 Å². The topological polar surface area (TPSA) is 41.6 Å². The zero-order valence-electron chi connectivity index (χ0n) is 19.3. The molecule has 3 atom stereocenters. The maximum absolute atomic E-state index is 13.3. The van der Waals surface area contributed by atoms with Gasteiger partial charge >= 0.3 is 12.4 Å². The monoisotopic (exact) mass is 534 g/mol. The highest BCUT2D eigenvalue weighted by molar-refractivity contribution is 6.14. The lowest BCUT2D eigenvalue weighted by Crippen LogP contribution is -2.60. The van der Waals surface area contributed by atoms with E-state index < -0.39 is 40.7 Å². The van der Waals surface area contributed by atoms with Crippen molar-refractivity contribution in [1.29, 1.82) is 0 Å². The molecule has 196 valence electrons. The molecule has 2 saturated heterocycles. The lowest BCUT2D eigenvalue weighted by Gasteiger charge is -2.50. The second-order valence-corrected chi connectivity index (χ2v) is 9.95. The SMILES string of the molecule is C[C@@H](OC[C@@]1(c2ccccc2)CC[C@]2(CCC(=O)N2)CN1Cl)c1cc(C(F)(F)F)cc(C(F)(F)F)c1. The minimum absolute atomic E-state index is 0.0536. The van der Waals surface area contributed by atoms with Crippen molar-refractivity contribution < 1.29 is 35.9 Å². The molecule has 0 bridgehead atoms. The molecule has 4 rings (SSSR count). The number of nitrogens with one attached hydrogen (secondary N) is 1. The molecule has 2 aromatic carbocycles. The lowest BCUT2D eigenvalue weighted by atomic mass is 9.76. The minimum atomic E-state index is -4.95. The van der Waals surface area contributed by atoms with Crippen LogP contribution in [-0.2, 0) is 27.4 Å². The van der Waals surface area contributed by atoms with Gasteiger partial charge in [0.05, 0.1) is 34.9 Å². The molecule has 2 aromatic rings. The highest BCUT2D eigenvalue weighted by Crippen LogP contribution is 2.46. The summed E-state index contributed by atoms with van der Waals surface area (Å²) in [5, 5.41) is 3.00. The fraction of sp³-hybridized carbons (Fsp3) is 0.480. The summed E-state index contributed by atoms with van der Waals surface area (Å²) in [6.07, 6.45) is -8.90. The van der Waals surface area contributed by atoms with Crippen molar-refractivity contribution in [1.82, 2.24) is 9.74 Å². The minimum Gasteiger partial charge on any atom is -0.371 e. The fourth-order valence-electron chi connectivity index (χ4n) is 4.97. The summed E-state index contributed by atoms with van der Waals surface area (Å²) in [5.41, 5.74) is -3.61. The van der Waals surface area contributed by atoms with Crippen LogP contribution in [0, 0.1) is 0 Å². The normalized spacial score (nSPS) is 26.3. The summed E-state index contributed by atoms with van der Waals surface area (Å²) in [5.74, 6) is -0.0536. The highest BCUT2D eigenvalue weighted by Gasteiger charge is 2.51. The number of halogens is 7. The Morgan fingerprint density at radius 1 is 1.00 bits per heavy atom. The number of hydrogen-bond donors (Lipinski definition) is 1. The van der Waals surface area contributed by atoms with Gasteiger partial charge in [0.25, 0.3) is 0 Å². The molecule has 2 aliphatic rings. The van der Waals surface area contributed by atoms with E-state index in [4.69, 9.17) is 16.5 Å². The molecule has 1 N–H and O–H groups in total. The third kappa shape index (κ3) is 5.35. The highest BCUT2D eigenvalue weighted by atomic mass is 35.5. The van der Waals surface area contributed by atoms with Crippen LogP contribution in [0.4, 0.5) is 26.3 Å². The van der Waals surface area contributed by atoms with Crippen molar-refractivity contribution in [2.24, 2.45) is 0 Å². The van der Waals surface area contributed by atoms with Gasteiger partial charge in [-0.3, -0.25) is 4.79 Å². The van der Waals surface area contributed by atoms with Crippen LogP contribution >= 0.6 is 11.8 Å². The maximum Gasteiger partial charge on any atom is 0.416 e. The molecule has 2 aliphatic heterocycles. The van der Waals surface area contributed by atoms with Crippen molar-refractivity contribution in [3.8, 4) is 0 Å². The van der Waals surface area contributed by atoms with E-state index in [0.717, 1.165) is 5.56 Å². The van der Waals surface area contributed by atoms with E-state index in [1.54, 1.807) is 4.42 Å². The Balaban J connectivity index is 1.62. The molecule has 2 fully saturated rings. The van der Waals surface area contributed by atoms with Gasteiger partial charge in [0.1, 0.15) is 0 Å². The number of alkyl halides is 6. The van der Waals surface area contributed by atoms with E-state index >= 15 is 0 Å². The van der Waals surface area contributed by atoms with E-state index in [0.29, 0.717) is 44.4 Å². The molecule has 0 aromatic heterocycles. The summed E-state index contributed by atoms with van der Waals surface area (Å²) in [7, 11) is 0. The van der Waals surface area contributed by atoms with Crippen LogP contribution in [0.15, 0.2) is 48.5 Å². The molecule has 0 saturated carbocycles. The van der Waals surface area contributed by atoms with Crippen LogP contribution < -0.4 is 5.32 Å². The van der Waals surface area contributed by atoms with Crippen molar-refractivity contribution in [2.75, 3.05) is 13.2 Å². The quantitative estimate of drug-likeness (QED) is 0.347. The standard InChI is InChI=1S/C25H25ClF6N2O2/c1-16(17-11-19(24(27,28)29)13-20(12-17)25(30,31)32)36-15-23(18-5-3-2-4-6-18)10-9-22(14-34(23)26)8-7-21(35)33-22/h2-6,11-13,16H,7-10,14-15H2,1H3,(H,33,35)/t16-,22-,23-/m1/s1. The predicted molar refractivity (Wildman–Crippen MR) is 121 cm³/mol. The van der Waals surface area contributed by atoms with Crippen LogP contribution in [0.3, 0.4) is 0 Å². The number of nitrogens with zero attached hydrogens (tertiary/aromatic N) is 1. The Morgan fingerprint density at radius 3 is 2.11 bits per heavy atom. The molecular formula is C25H25ClF6N2O2. The summed E-state index contributed by atoms with van der Waals surface area (Å²) in [6, 6.07) is 10.6. The zero-order valence-corrected chi connectivity index (χ0v) is 20.1. The average molecular weight is 535 g/mol. The third-order valence-corrected chi connectivity index (χ3v) is 7.56. The fourth-order valence-corrected chi connectivity index (χ4v) is 5.43. The first kappa shape index (κ1) is 26.8. The Hall–Kier alpha value is -2.30. The number of hydrogen-bond acceptors (Lipinski definition) is 3. The molecule has 2 heterocycles. The van der Waals surface area contributed by atoms with E-state index in [-0.39, 0.29) is 24.1 Å². The first-order valence-corrected chi connectivity index (χ1v) is 11.8. The zero-order chi connectivity index (χ0) is 26.4. The van der Waals surface area contributed by atoms with Gasteiger partial charge in [-0.2, -0.15) is 26.3 Å². The van der Waals surface area contributed by atoms with Gasteiger partial charge in [-0.25, -0.2) is 4.42 Å². The smallest absolute Gasteiger partial charge is 0.371 e. The summed E-state index contributed by atoms with van der Waals surface area (Å²) in [4.78, 5) is 11.9. The van der Waals surface area contributed by atoms with Gasteiger partial charge in [-0.1, -0.05) is 30.3 Å². The third-order valence-electron chi connectivity index (χ3n) is 7.12. The van der Waals surface area contributed by atoms with Gasteiger partial charge in [-0.05, 0) is 67.3 Å². The van der Waals surface area contributed by atoms with E-state index in [2.05, 4.69) is 5.32 Å². The van der Waals surface area contributed by atoms with Crippen LogP contribution in [0.5, 0.6) is 0 Å². The second kappa shape index (κ2) is 9.54. The lowest BCUT2D eigenvalue weighted by molar-refractivity contribution is -0.143. The number of carbonyl (C=O) groups excluding carboxylic acids is 1. The first-order valence-electron chi connectivity index (χ1n) is 11.5. The van der Waals surface area contributed by atoms with Gasteiger partial charge in [-0.15, -0.1) is 0 Å². The molecule has 1 spiro atoms. The van der Waals surface area contributed by atoms with Gasteiger partial charge in [0.2, 0.25) is 5.91 Å².